The number of hydrogen-bond donors (Lipinski definition) is 2. The number of nitrogens with zero attached hydrogens (tertiary/aromatic N) is 2. The number of hydrogen-bond acceptors (Lipinski definition) is 11. The Kier molecular flexibility index (Phi) is 11.5. The second-order valence-electron chi connectivity index (χ2n) is 17.5. The molecular weight excluding hydrogens is 733 g/mol. The fraction of sp³-hybridized carbons (Fsp3) is 0.718. The van der Waals surface area contributed by atoms with Crippen LogP contribution in [0.3, 0.4) is 0 Å². The number of rotatable bonds is 7. The van der Waals surface area contributed by atoms with Gasteiger partial charge in [0.2, 0.25) is 21.8 Å². The summed E-state index contributed by atoms with van der Waals surface area (Å²) in [6.07, 6.45) is 0.602. The maximum atomic E-state index is 14.6. The van der Waals surface area contributed by atoms with Gasteiger partial charge in [-0.1, -0.05) is 46.2 Å². The number of sulfonamides is 1. The number of carbonyl (C=O) groups is 5. The summed E-state index contributed by atoms with van der Waals surface area (Å²) in [5.41, 5.74) is -1.08. The van der Waals surface area contributed by atoms with E-state index in [1.54, 1.807) is 39.5 Å². The number of benzene rings is 1. The highest BCUT2D eigenvalue weighted by Gasteiger charge is 2.62. The van der Waals surface area contributed by atoms with Gasteiger partial charge >= 0.3 is 12.2 Å². The van der Waals surface area contributed by atoms with Gasteiger partial charge in [-0.3, -0.25) is 24.0 Å². The van der Waals surface area contributed by atoms with Gasteiger partial charge in [0.15, 0.2) is 5.78 Å². The molecule has 0 radical (unpaired) electrons. The first-order chi connectivity index (χ1) is 25.8. The molecule has 304 valence electrons. The Bertz CT molecular complexity index is 1790. The van der Waals surface area contributed by atoms with Crippen LogP contribution in [0.15, 0.2) is 18.2 Å². The van der Waals surface area contributed by atoms with Crippen molar-refractivity contribution < 1.29 is 51.3 Å². The highest BCUT2D eigenvalue weighted by atomic mass is 32.2. The molecule has 15 nitrogen and oxygen atoms in total. The van der Waals surface area contributed by atoms with Gasteiger partial charge in [-0.2, -0.15) is 0 Å². The third kappa shape index (κ3) is 9.22. The van der Waals surface area contributed by atoms with Crippen LogP contribution in [0, 0.1) is 16.7 Å². The van der Waals surface area contributed by atoms with Gasteiger partial charge in [0, 0.05) is 31.6 Å². The number of ether oxygens (including phenoxy) is 4. The molecule has 6 rings (SSSR count). The van der Waals surface area contributed by atoms with Gasteiger partial charge in [0.1, 0.15) is 24.5 Å². The fourth-order valence-corrected chi connectivity index (χ4v) is 9.29. The molecule has 1 aromatic rings. The number of ketones is 1. The van der Waals surface area contributed by atoms with Crippen molar-refractivity contribution in [3.05, 3.63) is 29.3 Å². The highest BCUT2D eigenvalue weighted by molar-refractivity contribution is 7.90. The molecule has 1 saturated heterocycles. The van der Waals surface area contributed by atoms with Crippen LogP contribution in [0.25, 0.3) is 0 Å². The molecule has 2 saturated carbocycles. The van der Waals surface area contributed by atoms with Crippen LogP contribution in [0.2, 0.25) is 0 Å². The lowest BCUT2D eigenvalue weighted by atomic mass is 9.85. The molecule has 2 N–H and O–H groups in total. The molecule has 0 spiro atoms. The molecule has 3 heterocycles. The Balaban J connectivity index is 1.27. The van der Waals surface area contributed by atoms with E-state index in [0.29, 0.717) is 64.0 Å². The first-order valence-electron chi connectivity index (χ1n) is 19.5. The first-order valence-corrected chi connectivity index (χ1v) is 21.0. The number of amides is 4. The molecule has 4 amide bonds. The molecule has 4 bridgehead atoms. The normalized spacial score (nSPS) is 29.2. The summed E-state index contributed by atoms with van der Waals surface area (Å²) in [7, 11) is -3.86. The second kappa shape index (κ2) is 15.5. The fourth-order valence-electron chi connectivity index (χ4n) is 7.91. The van der Waals surface area contributed by atoms with E-state index in [-0.39, 0.29) is 38.5 Å². The van der Waals surface area contributed by atoms with E-state index in [0.717, 1.165) is 11.1 Å². The first kappa shape index (κ1) is 40.7. The largest absolute Gasteiger partial charge is 0.493 e. The zero-order valence-electron chi connectivity index (χ0n) is 32.8. The molecule has 2 aliphatic carbocycles. The van der Waals surface area contributed by atoms with Crippen molar-refractivity contribution in [2.45, 2.75) is 135 Å². The van der Waals surface area contributed by atoms with Crippen molar-refractivity contribution in [2.24, 2.45) is 16.7 Å². The van der Waals surface area contributed by atoms with Crippen molar-refractivity contribution in [1.82, 2.24) is 19.8 Å². The Morgan fingerprint density at radius 2 is 1.76 bits per heavy atom. The molecule has 0 aromatic heterocycles. The predicted molar refractivity (Wildman–Crippen MR) is 199 cm³/mol. The van der Waals surface area contributed by atoms with Crippen LogP contribution in [0.5, 0.6) is 5.75 Å². The van der Waals surface area contributed by atoms with Crippen molar-refractivity contribution >= 4 is 39.8 Å². The molecule has 1 unspecified atom stereocenters. The zero-order valence-corrected chi connectivity index (χ0v) is 33.6. The lowest BCUT2D eigenvalue weighted by Crippen LogP contribution is -2.57. The SMILES string of the molecule is CC[C@H]1C[C@@]1(CC(=O)C1C[C@@H]2CN1C(=O)[C@H](C(C)(C)C)NC(=O)OCC(C)(C)OCCCCOc1cccc3c1CN(C3)C(=O)O2)C(=O)NS(=O)(=O)C1CC1. The second-order valence-corrected chi connectivity index (χ2v) is 19.4. The molecule has 5 atom stereocenters. The van der Waals surface area contributed by atoms with E-state index in [4.69, 9.17) is 18.9 Å². The topological polar surface area (TPSA) is 187 Å². The van der Waals surface area contributed by atoms with E-state index in [1.807, 2.05) is 25.1 Å². The molecule has 55 heavy (non-hydrogen) atoms. The van der Waals surface area contributed by atoms with Crippen molar-refractivity contribution in [3.8, 4) is 5.75 Å². The van der Waals surface area contributed by atoms with Crippen molar-refractivity contribution in [3.63, 3.8) is 0 Å². The number of alkyl carbamates (subject to hydrolysis) is 1. The van der Waals surface area contributed by atoms with Crippen LogP contribution in [0.4, 0.5) is 9.59 Å². The quantitative estimate of drug-likeness (QED) is 0.403. The van der Waals surface area contributed by atoms with Crippen LogP contribution in [-0.2, 0) is 51.7 Å². The van der Waals surface area contributed by atoms with Gasteiger partial charge in [-0.15, -0.1) is 0 Å². The molecule has 1 aromatic carbocycles. The van der Waals surface area contributed by atoms with Gasteiger partial charge in [0.25, 0.3) is 0 Å². The number of fused-ring (bicyclic) bond motifs is 3. The summed E-state index contributed by atoms with van der Waals surface area (Å²) in [5, 5.41) is 2.10. The number of cyclic esters (lactones) is 1. The molecular formula is C39H56N4O11S. The Morgan fingerprint density at radius 1 is 1.04 bits per heavy atom. The predicted octanol–water partition coefficient (Wildman–Crippen LogP) is 4.20. The highest BCUT2D eigenvalue weighted by Crippen LogP contribution is 2.58. The molecule has 3 fully saturated rings. The minimum Gasteiger partial charge on any atom is -0.493 e. The molecule has 16 heteroatoms. The van der Waals surface area contributed by atoms with Gasteiger partial charge < -0.3 is 29.2 Å². The number of Topliss-reactive ketones (excluding diaryl/α,β-unsaturated/α-hetero) is 1. The van der Waals surface area contributed by atoms with Crippen LogP contribution >= 0.6 is 0 Å². The summed E-state index contributed by atoms with van der Waals surface area (Å²) in [6, 6.07) is 3.42. The molecule has 3 aliphatic heterocycles. The summed E-state index contributed by atoms with van der Waals surface area (Å²) >= 11 is 0. The van der Waals surface area contributed by atoms with Gasteiger partial charge in [-0.25, -0.2) is 18.0 Å². The van der Waals surface area contributed by atoms with Crippen LogP contribution in [-0.4, -0.2) is 103 Å². The summed E-state index contributed by atoms with van der Waals surface area (Å²) in [4.78, 5) is 72.3. The number of carbonyl (C=O) groups excluding carboxylic acids is 5. The summed E-state index contributed by atoms with van der Waals surface area (Å²) < 4.78 is 51.4. The Morgan fingerprint density at radius 3 is 2.44 bits per heavy atom. The lowest BCUT2D eigenvalue weighted by Gasteiger charge is -2.35. The number of nitrogens with one attached hydrogen (secondary N) is 2. The zero-order chi connectivity index (χ0) is 39.9. The van der Waals surface area contributed by atoms with E-state index in [2.05, 4.69) is 10.0 Å². The Labute approximate surface area is 323 Å². The Hall–Kier alpha value is -3.92. The maximum absolute atomic E-state index is 14.6. The van der Waals surface area contributed by atoms with Gasteiger partial charge in [-0.05, 0) is 68.9 Å². The van der Waals surface area contributed by atoms with Crippen molar-refractivity contribution in [1.29, 1.82) is 0 Å². The monoisotopic (exact) mass is 788 g/mol. The smallest absolute Gasteiger partial charge is 0.410 e. The van der Waals surface area contributed by atoms with Gasteiger partial charge in [0.05, 0.1) is 42.0 Å². The average Bonchev–Trinajstić information content (AvgIpc) is 4.00. The maximum Gasteiger partial charge on any atom is 0.410 e. The van der Waals surface area contributed by atoms with Crippen molar-refractivity contribution in [2.75, 3.05) is 26.4 Å². The van der Waals surface area contributed by atoms with E-state index in [9.17, 15) is 32.4 Å². The van der Waals surface area contributed by atoms with E-state index < -0.39 is 79.7 Å². The molecule has 5 aliphatic rings. The minimum absolute atomic E-state index is 0.0346. The average molecular weight is 789 g/mol. The van der Waals surface area contributed by atoms with E-state index in [1.165, 1.54) is 4.90 Å². The van der Waals surface area contributed by atoms with Crippen LogP contribution in [0.1, 0.15) is 104 Å². The standard InChI is InChI=1S/C39H56N4O11S/c1-7-25-18-39(25,34(46)41-55(49,50)27-13-14-27)19-30(44)29-17-26-21-43(29)33(45)32(37(2,3)4)40-35(47)52-23-38(5,6)53-16-9-8-15-51-31-12-10-11-24-20-42(22-28(24)31)36(48)54-26/h10-12,25-27,29,32H,7-9,13-23H2,1-6H3,(H,40,47)(H,41,46)/t25-,26+,29?,32+,39-/m0/s1. The minimum atomic E-state index is -3.86. The summed E-state index contributed by atoms with van der Waals surface area (Å²) in [5.74, 6) is -1.26. The summed E-state index contributed by atoms with van der Waals surface area (Å²) in [6.45, 7) is 12.0. The van der Waals surface area contributed by atoms with Crippen LogP contribution < -0.4 is 14.8 Å². The third-order valence-electron chi connectivity index (χ3n) is 11.5. The third-order valence-corrected chi connectivity index (χ3v) is 13.3. The lowest BCUT2D eigenvalue weighted by molar-refractivity contribution is -0.142. The van der Waals surface area contributed by atoms with E-state index >= 15 is 0 Å².